The molecule has 0 unspecified atom stereocenters. The fourth-order valence-electron chi connectivity index (χ4n) is 2.91. The lowest BCUT2D eigenvalue weighted by molar-refractivity contribution is 0.356. The van der Waals surface area contributed by atoms with Crippen molar-refractivity contribution in [2.75, 3.05) is 18.6 Å². The van der Waals surface area contributed by atoms with E-state index in [9.17, 15) is 9.90 Å². The topological polar surface area (TPSA) is 78.5 Å². The summed E-state index contributed by atoms with van der Waals surface area (Å²) in [6, 6.07) is 8.50. The molecule has 2 aromatic rings. The minimum absolute atomic E-state index is 0.150. The van der Waals surface area contributed by atoms with Crippen LogP contribution in [0.2, 0.25) is 0 Å². The van der Waals surface area contributed by atoms with Gasteiger partial charge in [0.15, 0.2) is 0 Å². The van der Waals surface area contributed by atoms with E-state index >= 15 is 0 Å². The molecular weight excluding hydrogens is 282 g/mol. The molecule has 22 heavy (non-hydrogen) atoms. The molecule has 0 amide bonds. The van der Waals surface area contributed by atoms with Crippen molar-refractivity contribution < 1.29 is 9.84 Å². The molecular formula is C16H19N3O3. The summed E-state index contributed by atoms with van der Waals surface area (Å²) >= 11 is 0. The van der Waals surface area contributed by atoms with Gasteiger partial charge in [0.25, 0.3) is 11.4 Å². The average molecular weight is 301 g/mol. The Bertz CT molecular complexity index is 724. The molecule has 0 spiro atoms. The molecule has 1 atom stereocenters. The number of benzene rings is 1. The first-order valence-corrected chi connectivity index (χ1v) is 7.30. The summed E-state index contributed by atoms with van der Waals surface area (Å²) in [4.78, 5) is 20.7. The van der Waals surface area contributed by atoms with Crippen LogP contribution in [0.1, 0.15) is 30.0 Å². The quantitative estimate of drug-likeness (QED) is 0.908. The highest BCUT2D eigenvalue weighted by atomic mass is 16.5. The van der Waals surface area contributed by atoms with Crippen LogP contribution in [-0.2, 0) is 0 Å². The molecule has 6 heteroatoms. The van der Waals surface area contributed by atoms with E-state index in [2.05, 4.69) is 41.2 Å². The van der Waals surface area contributed by atoms with Gasteiger partial charge in [-0.1, -0.05) is 29.8 Å². The van der Waals surface area contributed by atoms with E-state index in [0.29, 0.717) is 5.95 Å². The second-order valence-electron chi connectivity index (χ2n) is 5.51. The molecule has 0 bridgehead atoms. The zero-order valence-corrected chi connectivity index (χ0v) is 12.7. The van der Waals surface area contributed by atoms with Gasteiger partial charge < -0.3 is 14.7 Å². The van der Waals surface area contributed by atoms with Crippen LogP contribution in [0.15, 0.2) is 29.1 Å². The first-order chi connectivity index (χ1) is 10.6. The Hall–Kier alpha value is -2.50. The number of H-pyrrole nitrogens is 1. The number of nitrogens with one attached hydrogen (secondary N) is 1. The summed E-state index contributed by atoms with van der Waals surface area (Å²) < 4.78 is 4.84. The number of rotatable bonds is 3. The Kier molecular flexibility index (Phi) is 3.75. The molecule has 1 saturated heterocycles. The number of aromatic hydroxyl groups is 1. The lowest BCUT2D eigenvalue weighted by Gasteiger charge is -2.25. The minimum atomic E-state index is -0.473. The van der Waals surface area contributed by atoms with Gasteiger partial charge in [0.05, 0.1) is 13.2 Å². The summed E-state index contributed by atoms with van der Waals surface area (Å²) in [5.41, 5.74) is 1.92. The summed E-state index contributed by atoms with van der Waals surface area (Å²) in [5, 5.41) is 9.84. The summed E-state index contributed by atoms with van der Waals surface area (Å²) in [5.74, 6) is -0.156. The van der Waals surface area contributed by atoms with Crippen molar-refractivity contribution in [3.8, 4) is 11.6 Å². The maximum atomic E-state index is 11.9. The second-order valence-corrected chi connectivity index (χ2v) is 5.51. The fraction of sp³-hybridized carbons (Fsp3) is 0.375. The Morgan fingerprint density at radius 1 is 1.36 bits per heavy atom. The first kappa shape index (κ1) is 14.4. The Labute approximate surface area is 128 Å². The van der Waals surface area contributed by atoms with Crippen LogP contribution < -0.4 is 15.2 Å². The molecule has 0 saturated carbocycles. The van der Waals surface area contributed by atoms with Crippen LogP contribution >= 0.6 is 0 Å². The predicted molar refractivity (Wildman–Crippen MR) is 83.6 cm³/mol. The monoisotopic (exact) mass is 301 g/mol. The third-order valence-corrected chi connectivity index (χ3v) is 4.04. The molecule has 1 aliphatic heterocycles. The van der Waals surface area contributed by atoms with Gasteiger partial charge in [-0.2, -0.15) is 4.98 Å². The molecule has 1 fully saturated rings. The molecule has 1 aliphatic rings. The normalized spacial score (nSPS) is 17.7. The maximum Gasteiger partial charge on any atom is 0.298 e. The zero-order valence-electron chi connectivity index (χ0n) is 12.7. The van der Waals surface area contributed by atoms with E-state index in [1.807, 2.05) is 4.90 Å². The molecule has 116 valence electrons. The highest BCUT2D eigenvalue weighted by Crippen LogP contribution is 2.35. The van der Waals surface area contributed by atoms with Gasteiger partial charge in [-0.15, -0.1) is 0 Å². The SMILES string of the molecule is COc1c(O)nc(N2CCC[C@H]2c2ccc(C)cc2)[nH]c1=O. The highest BCUT2D eigenvalue weighted by molar-refractivity contribution is 5.43. The second kappa shape index (κ2) is 5.71. The van der Waals surface area contributed by atoms with Gasteiger partial charge in [-0.25, -0.2) is 0 Å². The lowest BCUT2D eigenvalue weighted by atomic mass is 10.0. The van der Waals surface area contributed by atoms with Crippen molar-refractivity contribution >= 4 is 5.95 Å². The van der Waals surface area contributed by atoms with Gasteiger partial charge in [0, 0.05) is 6.54 Å². The van der Waals surface area contributed by atoms with Gasteiger partial charge >= 0.3 is 0 Å². The molecule has 1 aromatic carbocycles. The molecule has 3 rings (SSSR count). The number of aromatic nitrogens is 2. The molecule has 6 nitrogen and oxygen atoms in total. The number of ether oxygens (including phenoxy) is 1. The fourth-order valence-corrected chi connectivity index (χ4v) is 2.91. The van der Waals surface area contributed by atoms with Crippen LogP contribution in [0.4, 0.5) is 5.95 Å². The average Bonchev–Trinajstić information content (AvgIpc) is 2.97. The highest BCUT2D eigenvalue weighted by Gasteiger charge is 2.28. The third-order valence-electron chi connectivity index (χ3n) is 4.04. The Morgan fingerprint density at radius 3 is 2.73 bits per heavy atom. The van der Waals surface area contributed by atoms with Gasteiger partial charge in [-0.3, -0.25) is 9.78 Å². The van der Waals surface area contributed by atoms with Crippen LogP contribution in [0.5, 0.6) is 11.6 Å². The molecule has 2 heterocycles. The van der Waals surface area contributed by atoms with E-state index < -0.39 is 5.56 Å². The summed E-state index contributed by atoms with van der Waals surface area (Å²) in [7, 11) is 1.33. The van der Waals surface area contributed by atoms with Crippen molar-refractivity contribution in [1.82, 2.24) is 9.97 Å². The van der Waals surface area contributed by atoms with Gasteiger partial charge in [-0.05, 0) is 25.3 Å². The van der Waals surface area contributed by atoms with E-state index in [1.54, 1.807) is 0 Å². The van der Waals surface area contributed by atoms with E-state index in [1.165, 1.54) is 18.2 Å². The number of hydrogen-bond donors (Lipinski definition) is 2. The van der Waals surface area contributed by atoms with Gasteiger partial charge in [0.2, 0.25) is 11.7 Å². The van der Waals surface area contributed by atoms with E-state index in [-0.39, 0.29) is 17.7 Å². The van der Waals surface area contributed by atoms with Crippen LogP contribution in [-0.4, -0.2) is 28.7 Å². The Balaban J connectivity index is 1.97. The maximum absolute atomic E-state index is 11.9. The van der Waals surface area contributed by atoms with Gasteiger partial charge in [0.1, 0.15) is 0 Å². The van der Waals surface area contributed by atoms with Crippen molar-refractivity contribution in [2.45, 2.75) is 25.8 Å². The standard InChI is InChI=1S/C16H19N3O3/c1-10-5-7-11(8-6-10)12-4-3-9-19(12)16-17-14(20)13(22-2)15(21)18-16/h5-8,12H,3-4,9H2,1-2H3,(H2,17,18,20,21)/t12-/m0/s1. The van der Waals surface area contributed by atoms with Crippen molar-refractivity contribution in [1.29, 1.82) is 0 Å². The number of anilines is 1. The molecule has 2 N–H and O–H groups in total. The first-order valence-electron chi connectivity index (χ1n) is 7.30. The predicted octanol–water partition coefficient (Wildman–Crippen LogP) is 2.13. The van der Waals surface area contributed by atoms with Crippen molar-refractivity contribution in [3.05, 3.63) is 45.7 Å². The minimum Gasteiger partial charge on any atom is -0.490 e. The third kappa shape index (κ3) is 2.52. The lowest BCUT2D eigenvalue weighted by Crippen LogP contribution is -2.27. The van der Waals surface area contributed by atoms with Crippen LogP contribution in [0, 0.1) is 6.92 Å². The number of nitrogens with zero attached hydrogens (tertiary/aromatic N) is 2. The summed E-state index contributed by atoms with van der Waals surface area (Å²) in [6.45, 7) is 2.84. The summed E-state index contributed by atoms with van der Waals surface area (Å²) in [6.07, 6.45) is 1.99. The number of aryl methyl sites for hydroxylation is 1. The Morgan fingerprint density at radius 2 is 2.09 bits per heavy atom. The van der Waals surface area contributed by atoms with E-state index in [0.717, 1.165) is 19.4 Å². The van der Waals surface area contributed by atoms with E-state index in [4.69, 9.17) is 4.74 Å². The molecule has 0 radical (unpaired) electrons. The number of aromatic amines is 1. The number of hydrogen-bond acceptors (Lipinski definition) is 5. The molecule has 0 aliphatic carbocycles. The smallest absolute Gasteiger partial charge is 0.298 e. The zero-order chi connectivity index (χ0) is 15.7. The van der Waals surface area contributed by atoms with Crippen LogP contribution in [0.3, 0.4) is 0 Å². The number of methoxy groups -OCH3 is 1. The molecule has 1 aromatic heterocycles. The van der Waals surface area contributed by atoms with Crippen LogP contribution in [0.25, 0.3) is 0 Å². The van der Waals surface area contributed by atoms with Crippen molar-refractivity contribution in [2.24, 2.45) is 0 Å². The largest absolute Gasteiger partial charge is 0.490 e. The van der Waals surface area contributed by atoms with Crippen molar-refractivity contribution in [3.63, 3.8) is 0 Å².